The summed E-state index contributed by atoms with van der Waals surface area (Å²) in [6.07, 6.45) is 2.35. The van der Waals surface area contributed by atoms with Crippen LogP contribution >= 0.6 is 0 Å². The Kier molecular flexibility index (Phi) is 3.59. The van der Waals surface area contributed by atoms with Crippen molar-refractivity contribution in [3.63, 3.8) is 0 Å². The molecule has 0 saturated heterocycles. The number of hydrogen-bond acceptors (Lipinski definition) is 3. The first-order valence-corrected chi connectivity index (χ1v) is 6.50. The standard InChI is InChI=1S/C14H24N2O/c1-10-4-5-13(17-10)14(2,3)9-16-8-11-6-12(15)7-11/h4-5,11-12,16H,6-9,15H2,1-3H3. The molecule has 17 heavy (non-hydrogen) atoms. The largest absolute Gasteiger partial charge is 0.466 e. The Labute approximate surface area is 104 Å². The lowest BCUT2D eigenvalue weighted by Crippen LogP contribution is -2.43. The van der Waals surface area contributed by atoms with Gasteiger partial charge in [-0.15, -0.1) is 0 Å². The monoisotopic (exact) mass is 236 g/mol. The van der Waals surface area contributed by atoms with Gasteiger partial charge in [0.1, 0.15) is 11.5 Å². The molecule has 3 nitrogen and oxygen atoms in total. The third-order valence-corrected chi connectivity index (χ3v) is 3.68. The molecule has 3 N–H and O–H groups in total. The van der Waals surface area contributed by atoms with E-state index < -0.39 is 0 Å². The van der Waals surface area contributed by atoms with Crippen LogP contribution in [0.25, 0.3) is 0 Å². The smallest absolute Gasteiger partial charge is 0.111 e. The zero-order chi connectivity index (χ0) is 12.5. The highest BCUT2D eigenvalue weighted by molar-refractivity contribution is 5.15. The van der Waals surface area contributed by atoms with Gasteiger partial charge in [-0.25, -0.2) is 0 Å². The molecule has 0 aromatic carbocycles. The normalized spacial score (nSPS) is 24.7. The molecule has 0 bridgehead atoms. The van der Waals surface area contributed by atoms with Gasteiger partial charge in [0.2, 0.25) is 0 Å². The quantitative estimate of drug-likeness (QED) is 0.824. The lowest BCUT2D eigenvalue weighted by atomic mass is 9.80. The molecule has 96 valence electrons. The van der Waals surface area contributed by atoms with E-state index in [9.17, 15) is 0 Å². The van der Waals surface area contributed by atoms with E-state index in [4.69, 9.17) is 10.2 Å². The minimum atomic E-state index is 0.0557. The maximum atomic E-state index is 5.78. The van der Waals surface area contributed by atoms with Gasteiger partial charge in [0.05, 0.1) is 0 Å². The summed E-state index contributed by atoms with van der Waals surface area (Å²) in [7, 11) is 0. The molecule has 0 unspecified atom stereocenters. The van der Waals surface area contributed by atoms with Gasteiger partial charge in [0.15, 0.2) is 0 Å². The molecular formula is C14H24N2O. The maximum absolute atomic E-state index is 5.78. The van der Waals surface area contributed by atoms with Crippen molar-refractivity contribution in [2.45, 2.75) is 45.1 Å². The Morgan fingerprint density at radius 3 is 2.65 bits per heavy atom. The number of rotatable bonds is 5. The molecule has 1 heterocycles. The lowest BCUT2D eigenvalue weighted by Gasteiger charge is -2.33. The summed E-state index contributed by atoms with van der Waals surface area (Å²) in [6.45, 7) is 8.45. The van der Waals surface area contributed by atoms with Gasteiger partial charge < -0.3 is 15.5 Å². The summed E-state index contributed by atoms with van der Waals surface area (Å²) < 4.78 is 5.70. The van der Waals surface area contributed by atoms with E-state index in [1.807, 2.05) is 13.0 Å². The minimum Gasteiger partial charge on any atom is -0.466 e. The summed E-state index contributed by atoms with van der Waals surface area (Å²) in [5.41, 5.74) is 5.83. The Hall–Kier alpha value is -0.800. The van der Waals surface area contributed by atoms with Crippen LogP contribution in [0.3, 0.4) is 0 Å². The Bertz CT molecular complexity index is 364. The van der Waals surface area contributed by atoms with Crippen molar-refractivity contribution in [2.24, 2.45) is 11.7 Å². The van der Waals surface area contributed by atoms with Crippen LogP contribution in [0.15, 0.2) is 16.5 Å². The third-order valence-electron chi connectivity index (χ3n) is 3.68. The highest BCUT2D eigenvalue weighted by Gasteiger charge is 2.27. The summed E-state index contributed by atoms with van der Waals surface area (Å²) in [4.78, 5) is 0. The van der Waals surface area contributed by atoms with Crippen LogP contribution in [0.1, 0.15) is 38.2 Å². The van der Waals surface area contributed by atoms with Crippen LogP contribution in [-0.2, 0) is 5.41 Å². The van der Waals surface area contributed by atoms with Crippen molar-refractivity contribution in [3.8, 4) is 0 Å². The van der Waals surface area contributed by atoms with Gasteiger partial charge in [0, 0.05) is 18.0 Å². The second kappa shape index (κ2) is 4.83. The van der Waals surface area contributed by atoms with E-state index in [2.05, 4.69) is 25.2 Å². The fourth-order valence-corrected chi connectivity index (χ4v) is 2.43. The zero-order valence-corrected chi connectivity index (χ0v) is 11.1. The molecule has 2 rings (SSSR count). The van der Waals surface area contributed by atoms with Gasteiger partial charge in [-0.05, 0) is 44.4 Å². The molecule has 3 heteroatoms. The highest BCUT2D eigenvalue weighted by Crippen LogP contribution is 2.26. The Balaban J connectivity index is 1.77. The van der Waals surface area contributed by atoms with Crippen molar-refractivity contribution < 1.29 is 4.42 Å². The molecule has 1 aromatic heterocycles. The molecular weight excluding hydrogens is 212 g/mol. The zero-order valence-electron chi connectivity index (χ0n) is 11.1. The average Bonchev–Trinajstić information content (AvgIpc) is 2.62. The van der Waals surface area contributed by atoms with Crippen molar-refractivity contribution in [2.75, 3.05) is 13.1 Å². The topological polar surface area (TPSA) is 51.2 Å². The number of furan rings is 1. The maximum Gasteiger partial charge on any atom is 0.111 e. The number of nitrogens with one attached hydrogen (secondary N) is 1. The molecule has 1 saturated carbocycles. The van der Waals surface area contributed by atoms with Gasteiger partial charge in [-0.2, -0.15) is 0 Å². The first-order chi connectivity index (χ1) is 7.97. The number of hydrogen-bond donors (Lipinski definition) is 2. The number of nitrogens with two attached hydrogens (primary N) is 1. The summed E-state index contributed by atoms with van der Waals surface area (Å²) in [6, 6.07) is 4.56. The van der Waals surface area contributed by atoms with Crippen LogP contribution in [0.2, 0.25) is 0 Å². The van der Waals surface area contributed by atoms with E-state index in [-0.39, 0.29) is 5.41 Å². The SMILES string of the molecule is Cc1ccc(C(C)(C)CNCC2CC(N)C2)o1. The van der Waals surface area contributed by atoms with Crippen LogP contribution in [-0.4, -0.2) is 19.1 Å². The van der Waals surface area contributed by atoms with Crippen molar-refractivity contribution in [1.29, 1.82) is 0 Å². The molecule has 1 fully saturated rings. The van der Waals surface area contributed by atoms with Crippen LogP contribution in [0.5, 0.6) is 0 Å². The second-order valence-corrected chi connectivity index (χ2v) is 6.02. The van der Waals surface area contributed by atoms with Crippen LogP contribution in [0, 0.1) is 12.8 Å². The molecule has 1 aliphatic rings. The van der Waals surface area contributed by atoms with E-state index in [1.54, 1.807) is 0 Å². The van der Waals surface area contributed by atoms with E-state index >= 15 is 0 Å². The first-order valence-electron chi connectivity index (χ1n) is 6.50. The van der Waals surface area contributed by atoms with Gasteiger partial charge in [-0.1, -0.05) is 13.8 Å². The highest BCUT2D eigenvalue weighted by atomic mass is 16.3. The molecule has 1 aliphatic carbocycles. The number of aryl methyl sites for hydroxylation is 1. The second-order valence-electron chi connectivity index (χ2n) is 6.02. The summed E-state index contributed by atoms with van der Waals surface area (Å²) in [5.74, 6) is 2.82. The summed E-state index contributed by atoms with van der Waals surface area (Å²) in [5, 5.41) is 3.54. The lowest BCUT2D eigenvalue weighted by molar-refractivity contribution is 0.247. The molecule has 1 aromatic rings. The summed E-state index contributed by atoms with van der Waals surface area (Å²) >= 11 is 0. The van der Waals surface area contributed by atoms with Gasteiger partial charge in [0.25, 0.3) is 0 Å². The molecule has 0 aliphatic heterocycles. The van der Waals surface area contributed by atoms with Crippen LogP contribution in [0.4, 0.5) is 0 Å². The fourth-order valence-electron chi connectivity index (χ4n) is 2.43. The van der Waals surface area contributed by atoms with Gasteiger partial charge >= 0.3 is 0 Å². The van der Waals surface area contributed by atoms with Crippen molar-refractivity contribution in [3.05, 3.63) is 23.7 Å². The van der Waals surface area contributed by atoms with E-state index in [0.29, 0.717) is 6.04 Å². The van der Waals surface area contributed by atoms with Crippen LogP contribution < -0.4 is 11.1 Å². The Morgan fingerprint density at radius 2 is 2.12 bits per heavy atom. The average molecular weight is 236 g/mol. The van der Waals surface area contributed by atoms with Crippen molar-refractivity contribution in [1.82, 2.24) is 5.32 Å². The van der Waals surface area contributed by atoms with Crippen molar-refractivity contribution >= 4 is 0 Å². The molecule has 0 radical (unpaired) electrons. The van der Waals surface area contributed by atoms with E-state index in [0.717, 1.165) is 30.5 Å². The Morgan fingerprint density at radius 1 is 1.41 bits per heavy atom. The predicted octanol–water partition coefficient (Wildman–Crippen LogP) is 2.19. The fraction of sp³-hybridized carbons (Fsp3) is 0.714. The minimum absolute atomic E-state index is 0.0557. The molecule has 0 amide bonds. The third kappa shape index (κ3) is 3.11. The van der Waals surface area contributed by atoms with Gasteiger partial charge in [-0.3, -0.25) is 0 Å². The van der Waals surface area contributed by atoms with E-state index in [1.165, 1.54) is 12.8 Å². The predicted molar refractivity (Wildman–Crippen MR) is 70.0 cm³/mol. The first kappa shape index (κ1) is 12.7. The molecule has 0 atom stereocenters. The molecule has 0 spiro atoms.